The van der Waals surface area contributed by atoms with Gasteiger partial charge in [-0.3, -0.25) is 49.3 Å². The molecular weight excluding hydrogens is 975 g/mol. The molecule has 1 unspecified atom stereocenters. The van der Waals surface area contributed by atoms with Gasteiger partial charge in [-0.05, 0) is 86.1 Å². The molecule has 0 N–H and O–H groups in total. The lowest BCUT2D eigenvalue weighted by Gasteiger charge is -2.10. The van der Waals surface area contributed by atoms with Crippen LogP contribution in [0.4, 0.5) is 17.6 Å². The Labute approximate surface area is 426 Å². The number of hydrogen-bond donors (Lipinski definition) is 0. The number of carbonyl (C=O) groups is 3. The predicted molar refractivity (Wildman–Crippen MR) is 262 cm³/mol. The molecule has 21 heteroatoms. The summed E-state index contributed by atoms with van der Waals surface area (Å²) in [5.74, 6) is -1.80. The van der Waals surface area contributed by atoms with Crippen LogP contribution in [0.25, 0.3) is 0 Å². The molecule has 9 heterocycles. The smallest absolute Gasteiger partial charge is 0.286 e. The van der Waals surface area contributed by atoms with Gasteiger partial charge in [-0.15, -0.1) is 0 Å². The van der Waals surface area contributed by atoms with Gasteiger partial charge in [0.2, 0.25) is 0 Å². The molecule has 0 saturated heterocycles. The van der Waals surface area contributed by atoms with Gasteiger partial charge in [0.25, 0.3) is 5.92 Å². The molecule has 0 fully saturated rings. The normalized spacial score (nSPS) is 11.1. The standard InChI is InChI=1S/2C18H14F2N4O2.C18H15N3O2/c1-11(19)18-15(20)3-2-12(24-18)6-17(25)16-7-13(4-5-23-16)26-14-8-21-10-22-9-14;1-18(19,20)17-4-2-3-12(24-17)7-16(25)15-8-13(5-6-23-15)26-14-9-21-11-22-10-14;1-13-9-14(4-7-20-13)10-18(22)17-11-15(5-8-21-17)23-16-3-2-6-19-12-16/h2-5,7-11H,6H2,1H3;2-6,8-11H,7H2,1H3;2-9,11-12H,10H2,1H3. The molecule has 9 aromatic heterocycles. The molecule has 0 aliphatic heterocycles. The molecular formula is C54H43F4N11O6. The fourth-order valence-corrected chi connectivity index (χ4v) is 6.57. The van der Waals surface area contributed by atoms with E-state index in [-0.39, 0.29) is 70.8 Å². The summed E-state index contributed by atoms with van der Waals surface area (Å²) in [5.41, 5.74) is 2.30. The zero-order chi connectivity index (χ0) is 53.2. The SMILES string of the molecule is CC(F)(F)c1cccc(CC(=O)c2cc(Oc3cncnc3)ccn2)n1.CC(F)c1nc(CC(=O)c2cc(Oc3cncnc3)ccn2)ccc1F.Cc1cc(CC(=O)c2cc(Oc3cccnc3)ccn2)ccn1. The molecule has 378 valence electrons. The number of ketones is 3. The minimum Gasteiger partial charge on any atom is -0.456 e. The number of rotatable bonds is 17. The third-order valence-electron chi connectivity index (χ3n) is 10.0. The Hall–Kier alpha value is -9.66. The monoisotopic (exact) mass is 1020 g/mol. The summed E-state index contributed by atoms with van der Waals surface area (Å²) < 4.78 is 70.4. The lowest BCUT2D eigenvalue weighted by Crippen LogP contribution is -2.13. The Morgan fingerprint density at radius 3 is 1.52 bits per heavy atom. The number of halogens is 4. The number of pyridine rings is 7. The van der Waals surface area contributed by atoms with Crippen molar-refractivity contribution in [1.29, 1.82) is 0 Å². The van der Waals surface area contributed by atoms with E-state index in [1.54, 1.807) is 61.2 Å². The summed E-state index contributed by atoms with van der Waals surface area (Å²) >= 11 is 0. The van der Waals surface area contributed by atoms with Crippen LogP contribution in [0.1, 0.15) is 85.5 Å². The van der Waals surface area contributed by atoms with Gasteiger partial charge in [-0.25, -0.2) is 28.7 Å². The summed E-state index contributed by atoms with van der Waals surface area (Å²) in [7, 11) is 0. The molecule has 9 aromatic rings. The van der Waals surface area contributed by atoms with Crippen molar-refractivity contribution in [2.24, 2.45) is 0 Å². The molecule has 0 aromatic carbocycles. The lowest BCUT2D eigenvalue weighted by molar-refractivity contribution is 0.0125. The molecule has 9 rings (SSSR count). The van der Waals surface area contributed by atoms with Crippen LogP contribution in [-0.2, 0) is 25.2 Å². The van der Waals surface area contributed by atoms with E-state index >= 15 is 0 Å². The topological polar surface area (TPSA) is 221 Å². The van der Waals surface area contributed by atoms with Gasteiger partial charge < -0.3 is 14.2 Å². The van der Waals surface area contributed by atoms with E-state index in [0.717, 1.165) is 24.2 Å². The predicted octanol–water partition coefficient (Wildman–Crippen LogP) is 10.6. The van der Waals surface area contributed by atoms with E-state index in [9.17, 15) is 31.9 Å². The Kier molecular flexibility index (Phi) is 18.2. The minimum absolute atomic E-state index is 0.0627. The molecule has 0 aliphatic carbocycles. The molecule has 75 heavy (non-hydrogen) atoms. The van der Waals surface area contributed by atoms with E-state index in [1.165, 1.54) is 93.2 Å². The van der Waals surface area contributed by atoms with Crippen molar-refractivity contribution in [3.63, 3.8) is 0 Å². The van der Waals surface area contributed by atoms with Crippen LogP contribution in [0.5, 0.6) is 34.5 Å². The second-order valence-electron chi connectivity index (χ2n) is 16.1. The fourth-order valence-electron chi connectivity index (χ4n) is 6.57. The molecule has 0 spiro atoms. The Bertz CT molecular complexity index is 3360. The second-order valence-corrected chi connectivity index (χ2v) is 16.1. The molecule has 1 atom stereocenters. The number of carbonyl (C=O) groups excluding carboxylic acids is 3. The van der Waals surface area contributed by atoms with E-state index < -0.39 is 17.9 Å². The van der Waals surface area contributed by atoms with Gasteiger partial charge in [-0.1, -0.05) is 6.07 Å². The van der Waals surface area contributed by atoms with Gasteiger partial charge in [-0.2, -0.15) is 8.78 Å². The van der Waals surface area contributed by atoms with Crippen molar-refractivity contribution in [3.8, 4) is 34.5 Å². The Morgan fingerprint density at radius 2 is 1.03 bits per heavy atom. The fraction of sp³-hybridized carbons (Fsp3) is 0.148. The van der Waals surface area contributed by atoms with E-state index in [0.29, 0.717) is 40.2 Å². The van der Waals surface area contributed by atoms with Crippen LogP contribution in [0.2, 0.25) is 0 Å². The number of hydrogen-bond acceptors (Lipinski definition) is 17. The maximum atomic E-state index is 13.5. The summed E-state index contributed by atoms with van der Waals surface area (Å²) in [6, 6.07) is 23.4. The zero-order valence-electron chi connectivity index (χ0n) is 40.2. The van der Waals surface area contributed by atoms with Gasteiger partial charge in [0.05, 0.1) is 43.8 Å². The highest BCUT2D eigenvalue weighted by Crippen LogP contribution is 2.27. The minimum atomic E-state index is -3.07. The van der Waals surface area contributed by atoms with Gasteiger partial charge in [0.1, 0.15) is 76.1 Å². The molecule has 17 nitrogen and oxygen atoms in total. The largest absolute Gasteiger partial charge is 0.456 e. The van der Waals surface area contributed by atoms with Crippen molar-refractivity contribution in [3.05, 3.63) is 223 Å². The average Bonchev–Trinajstić information content (AvgIpc) is 3.40. The van der Waals surface area contributed by atoms with Crippen LogP contribution in [0.3, 0.4) is 0 Å². The number of aryl methyl sites for hydroxylation is 1. The third-order valence-corrected chi connectivity index (χ3v) is 10.0. The first-order valence-electron chi connectivity index (χ1n) is 22.6. The van der Waals surface area contributed by atoms with Crippen molar-refractivity contribution in [1.82, 2.24) is 54.8 Å². The third kappa shape index (κ3) is 16.4. The van der Waals surface area contributed by atoms with Gasteiger partial charge in [0.15, 0.2) is 28.8 Å². The molecule has 0 bridgehead atoms. The second kappa shape index (κ2) is 25.6. The van der Waals surface area contributed by atoms with E-state index in [1.807, 2.05) is 19.1 Å². The number of alkyl halides is 3. The van der Waals surface area contributed by atoms with E-state index in [2.05, 4.69) is 54.8 Å². The molecule has 0 saturated carbocycles. The average molecular weight is 1020 g/mol. The van der Waals surface area contributed by atoms with Gasteiger partial charge in [0, 0.05) is 79.6 Å². The number of nitrogens with zero attached hydrogens (tertiary/aromatic N) is 11. The van der Waals surface area contributed by atoms with Gasteiger partial charge >= 0.3 is 0 Å². The first-order valence-corrected chi connectivity index (χ1v) is 22.6. The summed E-state index contributed by atoms with van der Waals surface area (Å²) in [6.45, 7) is 3.85. The van der Waals surface area contributed by atoms with Crippen LogP contribution in [0, 0.1) is 12.7 Å². The first-order chi connectivity index (χ1) is 36.1. The highest BCUT2D eigenvalue weighted by Gasteiger charge is 2.26. The molecule has 0 aliphatic rings. The molecule has 0 amide bonds. The number of aromatic nitrogens is 11. The molecule has 0 radical (unpaired) electrons. The Morgan fingerprint density at radius 1 is 0.533 bits per heavy atom. The van der Waals surface area contributed by atoms with Crippen molar-refractivity contribution >= 4 is 17.3 Å². The van der Waals surface area contributed by atoms with Crippen molar-refractivity contribution in [2.45, 2.75) is 52.1 Å². The highest BCUT2D eigenvalue weighted by atomic mass is 19.3. The highest BCUT2D eigenvalue weighted by molar-refractivity contribution is 5.97. The van der Waals surface area contributed by atoms with Crippen LogP contribution in [0.15, 0.2) is 166 Å². The van der Waals surface area contributed by atoms with Crippen molar-refractivity contribution in [2.75, 3.05) is 0 Å². The van der Waals surface area contributed by atoms with Crippen LogP contribution in [-0.4, -0.2) is 72.2 Å². The van der Waals surface area contributed by atoms with E-state index in [4.69, 9.17) is 14.2 Å². The number of ether oxygens (including phenoxy) is 3. The lowest BCUT2D eigenvalue weighted by atomic mass is 10.1. The van der Waals surface area contributed by atoms with Crippen molar-refractivity contribution < 1.29 is 46.2 Å². The first kappa shape index (κ1) is 53.1. The Balaban J connectivity index is 0.000000164. The maximum absolute atomic E-state index is 13.5. The number of Topliss-reactive ketones (excluding diaryl/α,β-unsaturated/α-hetero) is 3. The van der Waals surface area contributed by atoms with Crippen LogP contribution >= 0.6 is 0 Å². The summed E-state index contributed by atoms with van der Waals surface area (Å²) in [5, 5.41) is 0. The zero-order valence-corrected chi connectivity index (χ0v) is 40.2. The summed E-state index contributed by atoms with van der Waals surface area (Å²) in [6.07, 6.45) is 16.5. The quantitative estimate of drug-likeness (QED) is 0.0611. The van der Waals surface area contributed by atoms with Crippen LogP contribution < -0.4 is 14.2 Å². The summed E-state index contributed by atoms with van der Waals surface area (Å²) in [4.78, 5) is 80.6. The maximum Gasteiger partial charge on any atom is 0.286 e.